The molecule has 0 spiro atoms. The molecule has 0 saturated carbocycles. The lowest BCUT2D eigenvalue weighted by Crippen LogP contribution is -2.52. The minimum absolute atomic E-state index is 0.101. The molecule has 1 aromatic heterocycles. The Hall–Kier alpha value is -1.95. The number of aryl methyl sites for hydroxylation is 1. The quantitative estimate of drug-likeness (QED) is 0.873. The van der Waals surface area contributed by atoms with Gasteiger partial charge in [0.2, 0.25) is 5.91 Å². The first-order valence-corrected chi connectivity index (χ1v) is 7.00. The molecule has 6 heteroatoms. The summed E-state index contributed by atoms with van der Waals surface area (Å²) in [5, 5.41) is 0. The number of carbonyl (C=O) groups is 2. The van der Waals surface area contributed by atoms with Crippen LogP contribution >= 0.6 is 0 Å². The summed E-state index contributed by atoms with van der Waals surface area (Å²) in [5.41, 5.74) is 6.10. The summed E-state index contributed by atoms with van der Waals surface area (Å²) >= 11 is 0. The van der Waals surface area contributed by atoms with E-state index in [1.54, 1.807) is 30.3 Å². The number of primary amides is 1. The second kappa shape index (κ2) is 6.22. The van der Waals surface area contributed by atoms with E-state index >= 15 is 0 Å². The molecule has 0 unspecified atom stereocenters. The van der Waals surface area contributed by atoms with Crippen molar-refractivity contribution in [2.75, 3.05) is 20.3 Å². The van der Waals surface area contributed by atoms with E-state index in [1.165, 1.54) is 0 Å². The molecular weight excluding hydrogens is 270 g/mol. The Morgan fingerprint density at radius 1 is 1.52 bits per heavy atom. The smallest absolute Gasteiger partial charge is 0.254 e. The number of nitrogens with zero attached hydrogens (tertiary/aromatic N) is 2. The number of nitrogens with two attached hydrogens (primary N) is 1. The molecule has 0 aromatic carbocycles. The third-order valence-corrected chi connectivity index (χ3v) is 3.90. The summed E-state index contributed by atoms with van der Waals surface area (Å²) in [6, 6.07) is 3.44. The van der Waals surface area contributed by atoms with E-state index < -0.39 is 11.4 Å². The first-order valence-electron chi connectivity index (χ1n) is 7.00. The van der Waals surface area contributed by atoms with E-state index in [-0.39, 0.29) is 12.3 Å². The van der Waals surface area contributed by atoms with Gasteiger partial charge in [0, 0.05) is 31.1 Å². The van der Waals surface area contributed by atoms with E-state index in [9.17, 15) is 9.59 Å². The first kappa shape index (κ1) is 15.4. The molecule has 1 aliphatic rings. The van der Waals surface area contributed by atoms with Crippen LogP contribution in [-0.2, 0) is 9.53 Å². The van der Waals surface area contributed by atoms with Crippen LogP contribution in [0.15, 0.2) is 18.3 Å². The second-order valence-corrected chi connectivity index (χ2v) is 5.55. The van der Waals surface area contributed by atoms with Crippen molar-refractivity contribution in [1.82, 2.24) is 9.88 Å². The average Bonchev–Trinajstić information content (AvgIpc) is 2.80. The van der Waals surface area contributed by atoms with Crippen LogP contribution in [0.2, 0.25) is 0 Å². The Labute approximate surface area is 124 Å². The normalized spacial score (nSPS) is 21.5. The lowest BCUT2D eigenvalue weighted by atomic mass is 9.92. The van der Waals surface area contributed by atoms with Crippen molar-refractivity contribution in [2.24, 2.45) is 5.73 Å². The second-order valence-electron chi connectivity index (χ2n) is 5.55. The van der Waals surface area contributed by atoms with Crippen LogP contribution in [-0.4, -0.2) is 47.5 Å². The van der Waals surface area contributed by atoms with Crippen molar-refractivity contribution < 1.29 is 14.3 Å². The highest BCUT2D eigenvalue weighted by Crippen LogP contribution is 2.34. The Bertz CT molecular complexity index is 547. The molecule has 2 heterocycles. The third kappa shape index (κ3) is 3.21. The summed E-state index contributed by atoms with van der Waals surface area (Å²) in [6.45, 7) is 2.76. The number of methoxy groups -OCH3 is 1. The maximum absolute atomic E-state index is 12.8. The van der Waals surface area contributed by atoms with Crippen molar-refractivity contribution in [1.29, 1.82) is 0 Å². The molecule has 0 radical (unpaired) electrons. The van der Waals surface area contributed by atoms with Crippen molar-refractivity contribution >= 4 is 11.8 Å². The zero-order valence-corrected chi connectivity index (χ0v) is 12.5. The summed E-state index contributed by atoms with van der Waals surface area (Å²) in [7, 11) is 1.57. The summed E-state index contributed by atoms with van der Waals surface area (Å²) in [4.78, 5) is 30.0. The van der Waals surface area contributed by atoms with Gasteiger partial charge < -0.3 is 15.4 Å². The fourth-order valence-corrected chi connectivity index (χ4v) is 3.07. The molecule has 2 amide bonds. The standard InChI is InChI=1S/C15H21N3O3/c1-11-8-12(4-6-17-11)14(20)18-7-3-5-15(18,10-21-2)9-13(16)19/h4,6,8H,3,5,7,9-10H2,1-2H3,(H2,16,19)/t15-/m1/s1. The molecule has 1 saturated heterocycles. The number of hydrogen-bond donors (Lipinski definition) is 1. The number of amides is 2. The number of ether oxygens (including phenoxy) is 1. The highest BCUT2D eigenvalue weighted by atomic mass is 16.5. The number of carbonyl (C=O) groups excluding carboxylic acids is 2. The Morgan fingerprint density at radius 3 is 2.90 bits per heavy atom. The average molecular weight is 291 g/mol. The highest BCUT2D eigenvalue weighted by Gasteiger charge is 2.45. The van der Waals surface area contributed by atoms with Crippen LogP contribution in [0.25, 0.3) is 0 Å². The minimum Gasteiger partial charge on any atom is -0.382 e. The summed E-state index contributed by atoms with van der Waals surface area (Å²) in [5.74, 6) is -0.519. The summed E-state index contributed by atoms with van der Waals surface area (Å²) in [6.07, 6.45) is 3.30. The molecule has 0 aliphatic carbocycles. The zero-order chi connectivity index (χ0) is 15.5. The van der Waals surface area contributed by atoms with Crippen LogP contribution < -0.4 is 5.73 Å². The number of likely N-dealkylation sites (tertiary alicyclic amines) is 1. The predicted octanol–water partition coefficient (Wildman–Crippen LogP) is 0.887. The van der Waals surface area contributed by atoms with Gasteiger partial charge in [-0.3, -0.25) is 14.6 Å². The number of rotatable bonds is 5. The predicted molar refractivity (Wildman–Crippen MR) is 77.7 cm³/mol. The molecule has 6 nitrogen and oxygen atoms in total. The lowest BCUT2D eigenvalue weighted by Gasteiger charge is -2.37. The van der Waals surface area contributed by atoms with E-state index in [4.69, 9.17) is 10.5 Å². The van der Waals surface area contributed by atoms with Crippen molar-refractivity contribution in [3.8, 4) is 0 Å². The van der Waals surface area contributed by atoms with Crippen LogP contribution in [0.3, 0.4) is 0 Å². The van der Waals surface area contributed by atoms with Crippen molar-refractivity contribution in [2.45, 2.75) is 31.7 Å². The van der Waals surface area contributed by atoms with E-state index in [1.807, 2.05) is 6.92 Å². The minimum atomic E-state index is -0.630. The van der Waals surface area contributed by atoms with Crippen LogP contribution in [0.1, 0.15) is 35.3 Å². The zero-order valence-electron chi connectivity index (χ0n) is 12.5. The molecule has 0 bridgehead atoms. The molecule has 2 rings (SSSR count). The Balaban J connectivity index is 2.31. The van der Waals surface area contributed by atoms with Crippen molar-refractivity contribution in [3.63, 3.8) is 0 Å². The molecule has 114 valence electrons. The molecule has 1 fully saturated rings. The topological polar surface area (TPSA) is 85.5 Å². The van der Waals surface area contributed by atoms with Gasteiger partial charge in [-0.15, -0.1) is 0 Å². The largest absolute Gasteiger partial charge is 0.382 e. The molecule has 1 aromatic rings. The lowest BCUT2D eigenvalue weighted by molar-refractivity contribution is -0.121. The van der Waals surface area contributed by atoms with Crippen LogP contribution in [0, 0.1) is 6.92 Å². The van der Waals surface area contributed by atoms with Crippen LogP contribution in [0.5, 0.6) is 0 Å². The van der Waals surface area contributed by atoms with Gasteiger partial charge >= 0.3 is 0 Å². The third-order valence-electron chi connectivity index (χ3n) is 3.90. The van der Waals surface area contributed by atoms with E-state index in [0.29, 0.717) is 18.7 Å². The van der Waals surface area contributed by atoms with Gasteiger partial charge in [-0.05, 0) is 31.9 Å². The monoisotopic (exact) mass is 291 g/mol. The molecule has 1 aliphatic heterocycles. The SMILES string of the molecule is COC[C@]1(CC(N)=O)CCCN1C(=O)c1ccnc(C)c1. The van der Waals surface area contributed by atoms with Gasteiger partial charge in [0.1, 0.15) is 0 Å². The van der Waals surface area contributed by atoms with Gasteiger partial charge in [-0.2, -0.15) is 0 Å². The molecule has 2 N–H and O–H groups in total. The van der Waals surface area contributed by atoms with Crippen molar-refractivity contribution in [3.05, 3.63) is 29.6 Å². The maximum Gasteiger partial charge on any atom is 0.254 e. The molecule has 1 atom stereocenters. The number of pyridine rings is 1. The number of hydrogen-bond acceptors (Lipinski definition) is 4. The molecule has 21 heavy (non-hydrogen) atoms. The summed E-state index contributed by atoms with van der Waals surface area (Å²) < 4.78 is 5.26. The van der Waals surface area contributed by atoms with E-state index in [2.05, 4.69) is 4.98 Å². The molecular formula is C15H21N3O3. The fraction of sp³-hybridized carbons (Fsp3) is 0.533. The first-order chi connectivity index (χ1) is 9.98. The van der Waals surface area contributed by atoms with Gasteiger partial charge in [0.15, 0.2) is 0 Å². The van der Waals surface area contributed by atoms with Gasteiger partial charge in [-0.25, -0.2) is 0 Å². The van der Waals surface area contributed by atoms with E-state index in [0.717, 1.165) is 18.5 Å². The highest BCUT2D eigenvalue weighted by molar-refractivity contribution is 5.95. The Kier molecular flexibility index (Phi) is 4.57. The van der Waals surface area contributed by atoms with Gasteiger partial charge in [-0.1, -0.05) is 0 Å². The number of aromatic nitrogens is 1. The maximum atomic E-state index is 12.8. The van der Waals surface area contributed by atoms with Gasteiger partial charge in [0.25, 0.3) is 5.91 Å². The van der Waals surface area contributed by atoms with Crippen LogP contribution in [0.4, 0.5) is 0 Å². The Morgan fingerprint density at radius 2 is 2.29 bits per heavy atom. The van der Waals surface area contributed by atoms with Gasteiger partial charge in [0.05, 0.1) is 18.6 Å². The fourth-order valence-electron chi connectivity index (χ4n) is 3.07.